The Kier molecular flexibility index (Phi) is 8.28. The van der Waals surface area contributed by atoms with Gasteiger partial charge in [0.05, 0.1) is 36.6 Å². The molecule has 0 bridgehead atoms. The molecule has 0 unspecified atom stereocenters. The minimum absolute atomic E-state index is 0.00408. The second-order valence-electron chi connectivity index (χ2n) is 7.55. The van der Waals surface area contributed by atoms with Crippen LogP contribution in [0, 0.1) is 6.92 Å². The SMILES string of the molecule is COc1ccc(N(CC(=O)N/N=C\c2ccccc2C(=O)O)S(=O)(=O)c2ccc(C)cc2)cc1OC. The molecule has 2 N–H and O–H groups in total. The highest BCUT2D eigenvalue weighted by molar-refractivity contribution is 7.92. The number of carboxylic acids is 1. The first-order valence-electron chi connectivity index (χ1n) is 10.6. The van der Waals surface area contributed by atoms with Gasteiger partial charge in [0.25, 0.3) is 15.9 Å². The normalized spacial score (nSPS) is 11.2. The molecular formula is C25H25N3O7S. The number of aromatic carboxylic acids is 1. The Morgan fingerprint density at radius 1 is 1.00 bits per heavy atom. The number of aryl methyl sites for hydroxylation is 1. The Bertz CT molecular complexity index is 1390. The molecule has 0 spiro atoms. The van der Waals surface area contributed by atoms with Crippen molar-refractivity contribution < 1.29 is 32.6 Å². The van der Waals surface area contributed by atoms with Crippen LogP contribution < -0.4 is 19.2 Å². The number of hydrazone groups is 1. The molecule has 3 aromatic carbocycles. The molecule has 11 heteroatoms. The second-order valence-corrected chi connectivity index (χ2v) is 9.41. The fourth-order valence-electron chi connectivity index (χ4n) is 3.28. The molecule has 0 heterocycles. The quantitative estimate of drug-likeness (QED) is 0.316. The van der Waals surface area contributed by atoms with Crippen molar-refractivity contribution in [1.29, 1.82) is 0 Å². The Hall–Kier alpha value is -4.38. The topological polar surface area (TPSA) is 135 Å². The summed E-state index contributed by atoms with van der Waals surface area (Å²) in [6.45, 7) is 1.22. The number of hydrogen-bond donors (Lipinski definition) is 2. The summed E-state index contributed by atoms with van der Waals surface area (Å²) in [6, 6.07) is 16.8. The van der Waals surface area contributed by atoms with Crippen LogP contribution >= 0.6 is 0 Å². The first-order valence-corrected chi connectivity index (χ1v) is 12.1. The number of nitrogens with one attached hydrogen (secondary N) is 1. The number of carboxylic acid groups (broad SMARTS) is 1. The standard InChI is InChI=1S/C25H25N3O7S/c1-17-8-11-20(12-9-17)36(32,33)28(19-10-13-22(34-2)23(14-19)35-3)16-24(29)27-26-15-18-6-4-5-7-21(18)25(30)31/h4-15H,16H2,1-3H3,(H,27,29)(H,30,31)/b26-15-. The monoisotopic (exact) mass is 511 g/mol. The lowest BCUT2D eigenvalue weighted by Gasteiger charge is -2.24. The molecule has 0 fully saturated rings. The minimum Gasteiger partial charge on any atom is -0.493 e. The number of hydrogen-bond acceptors (Lipinski definition) is 7. The summed E-state index contributed by atoms with van der Waals surface area (Å²) in [4.78, 5) is 24.1. The van der Waals surface area contributed by atoms with Crippen molar-refractivity contribution in [3.63, 3.8) is 0 Å². The molecular weight excluding hydrogens is 486 g/mol. The average molecular weight is 512 g/mol. The van der Waals surface area contributed by atoms with E-state index in [1.165, 1.54) is 62.9 Å². The van der Waals surface area contributed by atoms with Crippen molar-refractivity contribution in [2.24, 2.45) is 5.10 Å². The number of carbonyl (C=O) groups excluding carboxylic acids is 1. The minimum atomic E-state index is -4.16. The lowest BCUT2D eigenvalue weighted by atomic mass is 10.1. The number of anilines is 1. The van der Waals surface area contributed by atoms with Gasteiger partial charge in [-0.2, -0.15) is 5.10 Å². The van der Waals surface area contributed by atoms with Crippen LogP contribution in [0.3, 0.4) is 0 Å². The molecule has 10 nitrogen and oxygen atoms in total. The van der Waals surface area contributed by atoms with Crippen molar-refractivity contribution in [3.05, 3.63) is 83.4 Å². The number of benzene rings is 3. The molecule has 3 aromatic rings. The van der Waals surface area contributed by atoms with E-state index < -0.39 is 28.4 Å². The molecule has 3 rings (SSSR count). The maximum Gasteiger partial charge on any atom is 0.336 e. The largest absolute Gasteiger partial charge is 0.493 e. The lowest BCUT2D eigenvalue weighted by Crippen LogP contribution is -2.39. The van der Waals surface area contributed by atoms with Gasteiger partial charge in [-0.3, -0.25) is 9.10 Å². The number of ether oxygens (including phenoxy) is 2. The van der Waals surface area contributed by atoms with E-state index in [9.17, 15) is 23.1 Å². The number of amides is 1. The van der Waals surface area contributed by atoms with Crippen molar-refractivity contribution >= 4 is 33.8 Å². The number of methoxy groups -OCH3 is 2. The molecule has 0 atom stereocenters. The molecule has 0 saturated heterocycles. The van der Waals surface area contributed by atoms with Crippen LogP contribution in [0.1, 0.15) is 21.5 Å². The van der Waals surface area contributed by atoms with Crippen LogP contribution in [-0.4, -0.2) is 52.4 Å². The van der Waals surface area contributed by atoms with E-state index in [0.717, 1.165) is 9.87 Å². The molecule has 0 radical (unpaired) electrons. The van der Waals surface area contributed by atoms with E-state index in [4.69, 9.17) is 9.47 Å². The van der Waals surface area contributed by atoms with E-state index in [1.807, 2.05) is 6.92 Å². The van der Waals surface area contributed by atoms with Gasteiger partial charge in [0.15, 0.2) is 11.5 Å². The molecule has 1 amide bonds. The van der Waals surface area contributed by atoms with Crippen LogP contribution in [0.5, 0.6) is 11.5 Å². The fraction of sp³-hybridized carbons (Fsp3) is 0.160. The van der Waals surface area contributed by atoms with Crippen molar-refractivity contribution in [3.8, 4) is 11.5 Å². The third kappa shape index (κ3) is 5.99. The number of rotatable bonds is 10. The summed E-state index contributed by atoms with van der Waals surface area (Å²) in [5.74, 6) is -1.22. The average Bonchev–Trinajstić information content (AvgIpc) is 2.87. The van der Waals surface area contributed by atoms with Gasteiger partial charge >= 0.3 is 5.97 Å². The summed E-state index contributed by atoms with van der Waals surface area (Å²) < 4.78 is 38.5. The molecule has 188 valence electrons. The predicted octanol–water partition coefficient (Wildman–Crippen LogP) is 3.06. The zero-order chi connectivity index (χ0) is 26.3. The van der Waals surface area contributed by atoms with Crippen LogP contribution in [-0.2, 0) is 14.8 Å². The summed E-state index contributed by atoms with van der Waals surface area (Å²) in [5, 5.41) is 13.1. The highest BCUT2D eigenvalue weighted by Gasteiger charge is 2.28. The number of nitrogens with zero attached hydrogens (tertiary/aromatic N) is 2. The van der Waals surface area contributed by atoms with Crippen molar-refractivity contribution in [2.75, 3.05) is 25.1 Å². The summed E-state index contributed by atoms with van der Waals surface area (Å²) in [7, 11) is -1.29. The molecule has 36 heavy (non-hydrogen) atoms. The Morgan fingerprint density at radius 2 is 1.67 bits per heavy atom. The summed E-state index contributed by atoms with van der Waals surface area (Å²) in [6.07, 6.45) is 1.18. The first-order chi connectivity index (χ1) is 17.2. The Balaban J connectivity index is 1.92. The van der Waals surface area contributed by atoms with E-state index in [2.05, 4.69) is 10.5 Å². The van der Waals surface area contributed by atoms with Crippen LogP contribution in [0.15, 0.2) is 76.7 Å². The van der Waals surface area contributed by atoms with E-state index >= 15 is 0 Å². The maximum absolute atomic E-state index is 13.5. The van der Waals surface area contributed by atoms with Crippen molar-refractivity contribution in [2.45, 2.75) is 11.8 Å². The van der Waals surface area contributed by atoms with Gasteiger partial charge in [0.2, 0.25) is 0 Å². The highest BCUT2D eigenvalue weighted by atomic mass is 32.2. The van der Waals surface area contributed by atoms with E-state index in [0.29, 0.717) is 5.75 Å². The van der Waals surface area contributed by atoms with Crippen LogP contribution in [0.25, 0.3) is 0 Å². The zero-order valence-electron chi connectivity index (χ0n) is 19.8. The highest BCUT2D eigenvalue weighted by Crippen LogP contribution is 2.33. The lowest BCUT2D eigenvalue weighted by molar-refractivity contribution is -0.119. The van der Waals surface area contributed by atoms with Crippen LogP contribution in [0.2, 0.25) is 0 Å². The molecule has 0 aliphatic carbocycles. The van der Waals surface area contributed by atoms with E-state index in [1.54, 1.807) is 24.3 Å². The van der Waals surface area contributed by atoms with Gasteiger partial charge in [0.1, 0.15) is 6.54 Å². The third-order valence-electron chi connectivity index (χ3n) is 5.14. The molecule has 0 aromatic heterocycles. The van der Waals surface area contributed by atoms with Gasteiger partial charge in [-0.1, -0.05) is 35.9 Å². The second kappa shape index (κ2) is 11.4. The smallest absolute Gasteiger partial charge is 0.336 e. The Labute approximate surface area is 208 Å². The number of sulfonamides is 1. The van der Waals surface area contributed by atoms with E-state index in [-0.39, 0.29) is 27.5 Å². The predicted molar refractivity (Wildman–Crippen MR) is 134 cm³/mol. The zero-order valence-corrected chi connectivity index (χ0v) is 20.7. The summed E-state index contributed by atoms with van der Waals surface area (Å²) in [5.41, 5.74) is 3.58. The fourth-order valence-corrected chi connectivity index (χ4v) is 4.69. The van der Waals surface area contributed by atoms with Gasteiger partial charge < -0.3 is 14.6 Å². The number of carbonyl (C=O) groups is 2. The van der Waals surface area contributed by atoms with Gasteiger partial charge in [-0.15, -0.1) is 0 Å². The van der Waals surface area contributed by atoms with Gasteiger partial charge in [-0.05, 0) is 37.3 Å². The first kappa shape index (κ1) is 26.2. The Morgan fingerprint density at radius 3 is 2.31 bits per heavy atom. The van der Waals surface area contributed by atoms with Gasteiger partial charge in [0, 0.05) is 11.6 Å². The third-order valence-corrected chi connectivity index (χ3v) is 6.92. The van der Waals surface area contributed by atoms with Crippen molar-refractivity contribution in [1.82, 2.24) is 5.43 Å². The summed E-state index contributed by atoms with van der Waals surface area (Å²) >= 11 is 0. The maximum atomic E-state index is 13.5. The molecule has 0 aliphatic rings. The van der Waals surface area contributed by atoms with Gasteiger partial charge in [-0.25, -0.2) is 18.6 Å². The molecule has 0 aliphatic heterocycles. The van der Waals surface area contributed by atoms with Crippen LogP contribution in [0.4, 0.5) is 5.69 Å². The molecule has 0 saturated carbocycles.